The fourth-order valence-electron chi connectivity index (χ4n) is 3.09. The molecular weight excluding hydrogens is 346 g/mol. The molecule has 2 N–H and O–H groups in total. The maximum atomic E-state index is 11.1. The van der Waals surface area contributed by atoms with E-state index in [1.54, 1.807) is 29.5 Å². The standard InChI is InChI=1S/C17H14ClN3O2S/c18-17-20-14(19-10-5-3-4-9(8-10)16(22)23)13-11-6-1-2-7-12(11)24-15(13)21-17/h3-5,8H,1-2,6-7H2,(H,22,23)(H,19,20,21). The molecule has 24 heavy (non-hydrogen) atoms. The first-order chi connectivity index (χ1) is 11.6. The van der Waals surface area contributed by atoms with Crippen molar-refractivity contribution in [2.75, 3.05) is 5.32 Å². The molecule has 4 rings (SSSR count). The molecular formula is C17H14ClN3O2S. The van der Waals surface area contributed by atoms with Crippen molar-refractivity contribution in [3.05, 3.63) is 45.6 Å². The molecule has 7 heteroatoms. The molecule has 0 bridgehead atoms. The van der Waals surface area contributed by atoms with Crippen LogP contribution in [0.25, 0.3) is 10.2 Å². The Bertz CT molecular complexity index is 954. The third kappa shape index (κ3) is 2.72. The molecule has 3 aromatic rings. The number of hydrogen-bond acceptors (Lipinski definition) is 5. The molecule has 0 spiro atoms. The first kappa shape index (κ1) is 15.4. The van der Waals surface area contributed by atoms with Gasteiger partial charge >= 0.3 is 5.97 Å². The van der Waals surface area contributed by atoms with E-state index in [2.05, 4.69) is 15.3 Å². The normalized spacial score (nSPS) is 13.7. The summed E-state index contributed by atoms with van der Waals surface area (Å²) in [6.45, 7) is 0. The van der Waals surface area contributed by atoms with Crippen LogP contribution in [0.3, 0.4) is 0 Å². The minimum absolute atomic E-state index is 0.193. The highest BCUT2D eigenvalue weighted by molar-refractivity contribution is 7.19. The molecule has 122 valence electrons. The van der Waals surface area contributed by atoms with Crippen LogP contribution in [0.5, 0.6) is 0 Å². The van der Waals surface area contributed by atoms with Gasteiger partial charge in [0.05, 0.1) is 10.9 Å². The fraction of sp³-hybridized carbons (Fsp3) is 0.235. The van der Waals surface area contributed by atoms with E-state index >= 15 is 0 Å². The van der Waals surface area contributed by atoms with Crippen LogP contribution in [0.1, 0.15) is 33.6 Å². The van der Waals surface area contributed by atoms with Gasteiger partial charge in [0.1, 0.15) is 10.6 Å². The van der Waals surface area contributed by atoms with Crippen LogP contribution in [0.4, 0.5) is 11.5 Å². The van der Waals surface area contributed by atoms with Crippen LogP contribution in [0.2, 0.25) is 5.28 Å². The SMILES string of the molecule is O=C(O)c1cccc(Nc2nc(Cl)nc3sc4c(c23)CCCC4)c1. The predicted molar refractivity (Wildman–Crippen MR) is 95.8 cm³/mol. The zero-order chi connectivity index (χ0) is 16.7. The van der Waals surface area contributed by atoms with Gasteiger partial charge in [0.25, 0.3) is 0 Å². The highest BCUT2D eigenvalue weighted by atomic mass is 35.5. The Hall–Kier alpha value is -2.18. The van der Waals surface area contributed by atoms with E-state index in [0.717, 1.165) is 29.5 Å². The zero-order valence-corrected chi connectivity index (χ0v) is 14.2. The van der Waals surface area contributed by atoms with Gasteiger partial charge in [-0.15, -0.1) is 11.3 Å². The minimum Gasteiger partial charge on any atom is -0.478 e. The van der Waals surface area contributed by atoms with E-state index in [1.807, 2.05) is 6.07 Å². The second kappa shape index (κ2) is 6.03. The van der Waals surface area contributed by atoms with E-state index in [1.165, 1.54) is 16.9 Å². The van der Waals surface area contributed by atoms with Gasteiger partial charge in [-0.3, -0.25) is 0 Å². The number of hydrogen-bond donors (Lipinski definition) is 2. The van der Waals surface area contributed by atoms with Crippen molar-refractivity contribution >= 4 is 50.6 Å². The summed E-state index contributed by atoms with van der Waals surface area (Å²) in [4.78, 5) is 22.1. The Morgan fingerprint density at radius 2 is 2.08 bits per heavy atom. The first-order valence-electron chi connectivity index (χ1n) is 7.70. The summed E-state index contributed by atoms with van der Waals surface area (Å²) in [6.07, 6.45) is 4.45. The number of aromatic carboxylic acids is 1. The number of aromatic nitrogens is 2. The number of nitrogens with one attached hydrogen (secondary N) is 1. The molecule has 5 nitrogen and oxygen atoms in total. The Morgan fingerprint density at radius 3 is 2.92 bits per heavy atom. The summed E-state index contributed by atoms with van der Waals surface area (Å²) < 4.78 is 0. The minimum atomic E-state index is -0.961. The Kier molecular flexibility index (Phi) is 3.86. The highest BCUT2D eigenvalue weighted by Crippen LogP contribution is 2.39. The van der Waals surface area contributed by atoms with Crippen LogP contribution < -0.4 is 5.32 Å². The van der Waals surface area contributed by atoms with E-state index in [9.17, 15) is 4.79 Å². The number of anilines is 2. The number of carboxylic acid groups (broad SMARTS) is 1. The van der Waals surface area contributed by atoms with Crippen molar-refractivity contribution < 1.29 is 9.90 Å². The van der Waals surface area contributed by atoms with Crippen LogP contribution >= 0.6 is 22.9 Å². The lowest BCUT2D eigenvalue weighted by Gasteiger charge is -2.13. The van der Waals surface area contributed by atoms with Gasteiger partial charge in [-0.1, -0.05) is 6.07 Å². The van der Waals surface area contributed by atoms with Crippen molar-refractivity contribution in [2.45, 2.75) is 25.7 Å². The largest absolute Gasteiger partial charge is 0.478 e. The van der Waals surface area contributed by atoms with E-state index in [-0.39, 0.29) is 10.8 Å². The summed E-state index contributed by atoms with van der Waals surface area (Å²) in [5, 5.41) is 13.6. The third-order valence-corrected chi connectivity index (χ3v) is 5.51. The van der Waals surface area contributed by atoms with Gasteiger partial charge < -0.3 is 10.4 Å². The highest BCUT2D eigenvalue weighted by Gasteiger charge is 2.21. The molecule has 0 amide bonds. The van der Waals surface area contributed by atoms with Gasteiger partial charge in [0, 0.05) is 10.6 Å². The predicted octanol–water partition coefficient (Wildman–Crippen LogP) is 4.67. The number of fused-ring (bicyclic) bond motifs is 3. The number of aryl methyl sites for hydroxylation is 2. The van der Waals surface area contributed by atoms with Crippen LogP contribution in [0, 0.1) is 0 Å². The molecule has 0 radical (unpaired) electrons. The third-order valence-electron chi connectivity index (χ3n) is 4.16. The lowest BCUT2D eigenvalue weighted by atomic mass is 9.97. The molecule has 0 atom stereocenters. The topological polar surface area (TPSA) is 75.1 Å². The number of benzene rings is 1. The molecule has 0 fully saturated rings. The lowest BCUT2D eigenvalue weighted by Crippen LogP contribution is -2.02. The number of carbonyl (C=O) groups is 1. The van der Waals surface area contributed by atoms with Crippen molar-refractivity contribution in [2.24, 2.45) is 0 Å². The van der Waals surface area contributed by atoms with Crippen molar-refractivity contribution in [3.8, 4) is 0 Å². The van der Waals surface area contributed by atoms with Crippen molar-refractivity contribution in [1.82, 2.24) is 9.97 Å². The Labute approximate surface area is 147 Å². The molecule has 1 aliphatic rings. The van der Waals surface area contributed by atoms with Crippen LogP contribution in [-0.2, 0) is 12.8 Å². The summed E-state index contributed by atoms with van der Waals surface area (Å²) >= 11 is 7.76. The maximum Gasteiger partial charge on any atom is 0.335 e. The number of halogens is 1. The summed E-state index contributed by atoms with van der Waals surface area (Å²) in [5.74, 6) is -0.315. The molecule has 0 aliphatic heterocycles. The quantitative estimate of drug-likeness (QED) is 0.665. The molecule has 2 aromatic heterocycles. The van der Waals surface area contributed by atoms with Gasteiger partial charge in [-0.25, -0.2) is 9.78 Å². The molecule has 1 aliphatic carbocycles. The van der Waals surface area contributed by atoms with Crippen LogP contribution in [-0.4, -0.2) is 21.0 Å². The lowest BCUT2D eigenvalue weighted by molar-refractivity contribution is 0.0697. The van der Waals surface area contributed by atoms with Gasteiger partial charge in [0.2, 0.25) is 5.28 Å². The van der Waals surface area contributed by atoms with E-state index in [4.69, 9.17) is 16.7 Å². The molecule has 0 unspecified atom stereocenters. The van der Waals surface area contributed by atoms with Gasteiger partial charge in [-0.2, -0.15) is 4.98 Å². The second-order valence-electron chi connectivity index (χ2n) is 5.74. The number of carboxylic acids is 1. The maximum absolute atomic E-state index is 11.1. The van der Waals surface area contributed by atoms with Gasteiger partial charge in [0.15, 0.2) is 0 Å². The summed E-state index contributed by atoms with van der Waals surface area (Å²) in [5.41, 5.74) is 2.19. The number of nitrogens with zero attached hydrogens (tertiary/aromatic N) is 2. The summed E-state index contributed by atoms with van der Waals surface area (Å²) in [7, 11) is 0. The van der Waals surface area contributed by atoms with Crippen molar-refractivity contribution in [3.63, 3.8) is 0 Å². The molecule has 1 aromatic carbocycles. The van der Waals surface area contributed by atoms with Crippen LogP contribution in [0.15, 0.2) is 24.3 Å². The number of rotatable bonds is 3. The fourth-order valence-corrected chi connectivity index (χ4v) is 4.57. The van der Waals surface area contributed by atoms with Crippen molar-refractivity contribution in [1.29, 1.82) is 0 Å². The zero-order valence-electron chi connectivity index (χ0n) is 12.7. The summed E-state index contributed by atoms with van der Waals surface area (Å²) in [6, 6.07) is 6.66. The Morgan fingerprint density at radius 1 is 1.25 bits per heavy atom. The second-order valence-corrected chi connectivity index (χ2v) is 7.16. The number of thiophene rings is 1. The Balaban J connectivity index is 1.82. The average molecular weight is 360 g/mol. The molecule has 0 saturated carbocycles. The molecule has 2 heterocycles. The monoisotopic (exact) mass is 359 g/mol. The van der Waals surface area contributed by atoms with Gasteiger partial charge in [-0.05, 0) is 61.0 Å². The van der Waals surface area contributed by atoms with E-state index < -0.39 is 5.97 Å². The molecule has 0 saturated heterocycles. The average Bonchev–Trinajstić information content (AvgIpc) is 2.93. The smallest absolute Gasteiger partial charge is 0.335 e. The van der Waals surface area contributed by atoms with E-state index in [0.29, 0.717) is 11.5 Å². The first-order valence-corrected chi connectivity index (χ1v) is 8.89.